The van der Waals surface area contributed by atoms with Crippen LogP contribution in [-0.2, 0) is 4.79 Å². The number of nitrogens with one attached hydrogen (secondary N) is 1. The highest BCUT2D eigenvalue weighted by Gasteiger charge is 2.18. The third-order valence-corrected chi connectivity index (χ3v) is 7.33. The molecule has 4 aromatic rings. The molecular formula is C32H31N3O5S. The van der Waals surface area contributed by atoms with Crippen LogP contribution in [-0.4, -0.2) is 31.3 Å². The Morgan fingerprint density at radius 1 is 0.976 bits per heavy atom. The quantitative estimate of drug-likeness (QED) is 0.264. The number of anilines is 1. The van der Waals surface area contributed by atoms with E-state index in [0.29, 0.717) is 45.3 Å². The number of amides is 1. The highest BCUT2D eigenvalue weighted by atomic mass is 32.1. The van der Waals surface area contributed by atoms with Crippen LogP contribution in [0.15, 0.2) is 77.6 Å². The van der Waals surface area contributed by atoms with Gasteiger partial charge in [0.25, 0.3) is 11.5 Å². The third-order valence-electron chi connectivity index (χ3n) is 6.24. The second-order valence-corrected chi connectivity index (χ2v) is 10.0. The number of ether oxygens (including phenoxy) is 3. The zero-order chi connectivity index (χ0) is 29.2. The van der Waals surface area contributed by atoms with Crippen LogP contribution >= 0.6 is 11.3 Å². The maximum atomic E-state index is 13.7. The Morgan fingerprint density at radius 2 is 1.71 bits per heavy atom. The van der Waals surface area contributed by atoms with Gasteiger partial charge in [-0.2, -0.15) is 5.26 Å². The zero-order valence-electron chi connectivity index (χ0n) is 23.2. The van der Waals surface area contributed by atoms with Gasteiger partial charge < -0.3 is 19.5 Å². The van der Waals surface area contributed by atoms with Crippen molar-refractivity contribution in [1.82, 2.24) is 4.57 Å². The smallest absolute Gasteiger partial charge is 0.273 e. The number of hydrogen-bond donors (Lipinski definition) is 1. The van der Waals surface area contributed by atoms with Gasteiger partial charge in [0.05, 0.1) is 36.7 Å². The van der Waals surface area contributed by atoms with Crippen LogP contribution in [0.25, 0.3) is 17.3 Å². The zero-order valence-corrected chi connectivity index (χ0v) is 24.0. The summed E-state index contributed by atoms with van der Waals surface area (Å²) in [6.07, 6.45) is 4.85. The summed E-state index contributed by atoms with van der Waals surface area (Å²) < 4.78 is 18.7. The summed E-state index contributed by atoms with van der Waals surface area (Å²) in [5.41, 5.74) is 1.11. The van der Waals surface area contributed by atoms with E-state index in [1.807, 2.05) is 24.3 Å². The Labute approximate surface area is 242 Å². The average Bonchev–Trinajstić information content (AvgIpc) is 3.31. The molecule has 0 atom stereocenters. The number of para-hydroxylation sites is 3. The molecule has 0 spiro atoms. The summed E-state index contributed by atoms with van der Waals surface area (Å²) in [5.74, 6) is 0.976. The van der Waals surface area contributed by atoms with Crippen molar-refractivity contribution in [3.8, 4) is 29.0 Å². The molecule has 0 unspecified atom stereocenters. The highest BCUT2D eigenvalue weighted by molar-refractivity contribution is 7.07. The van der Waals surface area contributed by atoms with E-state index >= 15 is 0 Å². The maximum absolute atomic E-state index is 13.7. The Morgan fingerprint density at radius 3 is 2.41 bits per heavy atom. The van der Waals surface area contributed by atoms with E-state index < -0.39 is 5.91 Å². The van der Waals surface area contributed by atoms with Gasteiger partial charge >= 0.3 is 0 Å². The molecule has 0 bridgehead atoms. The molecule has 3 aromatic carbocycles. The molecule has 41 heavy (non-hydrogen) atoms. The van der Waals surface area contributed by atoms with Gasteiger partial charge in [0.15, 0.2) is 17.1 Å². The fourth-order valence-electron chi connectivity index (χ4n) is 4.17. The molecule has 0 aliphatic carbocycles. The fourth-order valence-corrected chi connectivity index (χ4v) is 5.27. The van der Waals surface area contributed by atoms with E-state index in [1.54, 1.807) is 67.8 Å². The Kier molecular flexibility index (Phi) is 9.97. The van der Waals surface area contributed by atoms with Gasteiger partial charge in [-0.15, -0.1) is 11.3 Å². The minimum Gasteiger partial charge on any atom is -0.495 e. The average molecular weight is 570 g/mol. The summed E-state index contributed by atoms with van der Waals surface area (Å²) in [7, 11) is 3.06. The van der Waals surface area contributed by atoms with Crippen LogP contribution in [0.2, 0.25) is 0 Å². The first kappa shape index (κ1) is 29.2. The number of carbonyl (C=O) groups excluding carboxylic acids is 1. The number of nitrogens with zero attached hydrogens (tertiary/aromatic N) is 2. The number of aromatic nitrogens is 1. The van der Waals surface area contributed by atoms with Crippen LogP contribution in [0.5, 0.6) is 17.2 Å². The van der Waals surface area contributed by atoms with E-state index in [1.165, 1.54) is 11.7 Å². The highest BCUT2D eigenvalue weighted by Crippen LogP contribution is 2.28. The molecule has 0 radical (unpaired) electrons. The Hall–Kier alpha value is -4.81. The maximum Gasteiger partial charge on any atom is 0.273 e. The molecule has 0 saturated carbocycles. The molecular weight excluding hydrogens is 538 g/mol. The van der Waals surface area contributed by atoms with Crippen molar-refractivity contribution in [2.75, 3.05) is 26.1 Å². The van der Waals surface area contributed by atoms with Crippen molar-refractivity contribution in [2.45, 2.75) is 26.2 Å². The third kappa shape index (κ3) is 6.86. The number of methoxy groups -OCH3 is 2. The van der Waals surface area contributed by atoms with Crippen LogP contribution in [0, 0.1) is 11.3 Å². The molecule has 0 aliphatic heterocycles. The van der Waals surface area contributed by atoms with E-state index in [-0.39, 0.29) is 15.8 Å². The van der Waals surface area contributed by atoms with Crippen molar-refractivity contribution in [3.63, 3.8) is 0 Å². The summed E-state index contributed by atoms with van der Waals surface area (Å²) in [6.45, 7) is 2.73. The predicted molar refractivity (Wildman–Crippen MR) is 161 cm³/mol. The first-order valence-electron chi connectivity index (χ1n) is 13.2. The lowest BCUT2D eigenvalue weighted by Gasteiger charge is -2.11. The number of nitriles is 1. The van der Waals surface area contributed by atoms with Crippen molar-refractivity contribution < 1.29 is 19.0 Å². The molecule has 1 aromatic heterocycles. The minimum absolute atomic E-state index is 0.199. The fraction of sp³-hybridized carbons (Fsp3) is 0.219. The van der Waals surface area contributed by atoms with Crippen LogP contribution in [0.1, 0.15) is 31.7 Å². The number of unbranched alkanes of at least 4 members (excludes halogenated alkanes) is 2. The largest absolute Gasteiger partial charge is 0.495 e. The number of hydrogen-bond acceptors (Lipinski definition) is 7. The SMILES string of the molecule is CCCCCOc1ccc(/C=c2\s/c(=C(/C#N)C(=O)Nc3ccccc3OC)n(-c3ccccc3)c2=O)cc1OC. The second-order valence-electron chi connectivity index (χ2n) is 9.00. The van der Waals surface area contributed by atoms with Gasteiger partial charge in [-0.3, -0.25) is 14.2 Å². The molecule has 0 saturated heterocycles. The van der Waals surface area contributed by atoms with Crippen LogP contribution in [0.3, 0.4) is 0 Å². The molecule has 1 amide bonds. The predicted octanol–water partition coefficient (Wildman–Crippen LogP) is 4.63. The number of carbonyl (C=O) groups is 1. The van der Waals surface area contributed by atoms with Crippen molar-refractivity contribution in [1.29, 1.82) is 5.26 Å². The molecule has 0 aliphatic rings. The van der Waals surface area contributed by atoms with Gasteiger partial charge in [-0.05, 0) is 54.5 Å². The lowest BCUT2D eigenvalue weighted by Crippen LogP contribution is -2.32. The number of thiazole rings is 1. The van der Waals surface area contributed by atoms with Crippen molar-refractivity contribution in [2.24, 2.45) is 0 Å². The summed E-state index contributed by atoms with van der Waals surface area (Å²) >= 11 is 1.07. The van der Waals surface area contributed by atoms with E-state index in [0.717, 1.165) is 30.6 Å². The van der Waals surface area contributed by atoms with Crippen LogP contribution in [0.4, 0.5) is 5.69 Å². The first-order chi connectivity index (χ1) is 20.0. The normalized spacial score (nSPS) is 11.9. The number of rotatable bonds is 11. The van der Waals surface area contributed by atoms with Crippen molar-refractivity contribution in [3.05, 3.63) is 97.9 Å². The molecule has 4 rings (SSSR count). The Balaban J connectivity index is 1.83. The van der Waals surface area contributed by atoms with Gasteiger partial charge in [0.1, 0.15) is 16.5 Å². The van der Waals surface area contributed by atoms with E-state index in [9.17, 15) is 14.9 Å². The second kappa shape index (κ2) is 14.0. The molecule has 1 heterocycles. The molecule has 9 heteroatoms. The standard InChI is InChI=1S/C32H31N3O5S/c1-4-5-11-18-40-27-17-16-22(19-28(27)39-3)20-29-31(37)35(23-12-7-6-8-13-23)32(41-29)24(21-33)30(36)34-25-14-9-10-15-26(25)38-2/h6-10,12-17,19-20H,4-5,11,18H2,1-3H3,(H,34,36)/b29-20-,32-24-. The van der Waals surface area contributed by atoms with Gasteiger partial charge in [0.2, 0.25) is 0 Å². The lowest BCUT2D eigenvalue weighted by atomic mass is 10.2. The molecule has 210 valence electrons. The lowest BCUT2D eigenvalue weighted by molar-refractivity contribution is -0.111. The topological polar surface area (TPSA) is 103 Å². The summed E-state index contributed by atoms with van der Waals surface area (Å²) in [6, 6.07) is 23.3. The monoisotopic (exact) mass is 569 g/mol. The first-order valence-corrected chi connectivity index (χ1v) is 14.0. The Bertz CT molecular complexity index is 1740. The van der Waals surface area contributed by atoms with Crippen LogP contribution < -0.4 is 34.3 Å². The molecule has 8 nitrogen and oxygen atoms in total. The minimum atomic E-state index is -0.652. The summed E-state index contributed by atoms with van der Waals surface area (Å²) in [4.78, 5) is 27.1. The molecule has 1 N–H and O–H groups in total. The van der Waals surface area contributed by atoms with E-state index in [4.69, 9.17) is 14.2 Å². The van der Waals surface area contributed by atoms with Gasteiger partial charge in [-0.1, -0.05) is 56.2 Å². The summed E-state index contributed by atoms with van der Waals surface area (Å²) in [5, 5.41) is 12.8. The van der Waals surface area contributed by atoms with E-state index in [2.05, 4.69) is 12.2 Å². The van der Waals surface area contributed by atoms with Crippen molar-refractivity contribution >= 4 is 34.6 Å². The van der Waals surface area contributed by atoms with Gasteiger partial charge in [0, 0.05) is 0 Å². The molecule has 0 fully saturated rings. The van der Waals surface area contributed by atoms with Gasteiger partial charge in [-0.25, -0.2) is 0 Å². The number of benzene rings is 3.